The fourth-order valence-corrected chi connectivity index (χ4v) is 1.06. The average Bonchev–Trinajstić information content (AvgIpc) is 1.89. The third-order valence-electron chi connectivity index (χ3n) is 1.68. The molecule has 0 aromatic rings. The van der Waals surface area contributed by atoms with E-state index in [0.29, 0.717) is 6.54 Å². The van der Waals surface area contributed by atoms with Crippen molar-refractivity contribution in [2.45, 2.75) is 12.8 Å². The zero-order chi connectivity index (χ0) is 6.69. The van der Waals surface area contributed by atoms with E-state index in [0.717, 1.165) is 19.4 Å². The molecule has 52 valence electrons. The highest BCUT2D eigenvalue weighted by molar-refractivity contribution is 5.79. The number of nitrogens with one attached hydrogen (secondary N) is 1. The maximum absolute atomic E-state index is 10.8. The van der Waals surface area contributed by atoms with E-state index in [1.807, 2.05) is 0 Å². The molecule has 0 bridgehead atoms. The number of amides is 1. The standard InChI is InChI=1S/C6H12N2O/c7-4-5-2-1-3-8-6(5)9/h5H,1-4,7H2,(H,8,9)/t5-/m1/s1. The molecule has 9 heavy (non-hydrogen) atoms. The number of carbonyl (C=O) groups excluding carboxylic acids is 1. The van der Waals surface area contributed by atoms with Crippen molar-refractivity contribution in [1.82, 2.24) is 5.32 Å². The molecule has 0 unspecified atom stereocenters. The Hall–Kier alpha value is -0.570. The van der Waals surface area contributed by atoms with E-state index < -0.39 is 0 Å². The van der Waals surface area contributed by atoms with E-state index >= 15 is 0 Å². The topological polar surface area (TPSA) is 55.1 Å². The zero-order valence-electron chi connectivity index (χ0n) is 5.39. The maximum atomic E-state index is 10.8. The third kappa shape index (κ3) is 1.42. The molecule has 0 aliphatic carbocycles. The summed E-state index contributed by atoms with van der Waals surface area (Å²) in [5.74, 6) is 0.211. The lowest BCUT2D eigenvalue weighted by Crippen LogP contribution is -2.39. The normalized spacial score (nSPS) is 27.7. The van der Waals surface area contributed by atoms with Crippen LogP contribution in [0.15, 0.2) is 0 Å². The lowest BCUT2D eigenvalue weighted by Gasteiger charge is -2.19. The highest BCUT2D eigenvalue weighted by Gasteiger charge is 2.19. The largest absolute Gasteiger partial charge is 0.356 e. The molecule has 0 aromatic heterocycles. The Balaban J connectivity index is 2.39. The first kappa shape index (κ1) is 6.55. The van der Waals surface area contributed by atoms with Gasteiger partial charge in [0.25, 0.3) is 0 Å². The molecule has 0 saturated carbocycles. The summed E-state index contributed by atoms with van der Waals surface area (Å²) in [6, 6.07) is 0. The summed E-state index contributed by atoms with van der Waals surface area (Å²) in [5.41, 5.74) is 5.33. The minimum atomic E-state index is 0.0822. The number of piperidine rings is 1. The molecule has 3 N–H and O–H groups in total. The summed E-state index contributed by atoms with van der Waals surface area (Å²) in [6.45, 7) is 1.32. The van der Waals surface area contributed by atoms with E-state index in [1.165, 1.54) is 0 Å². The lowest BCUT2D eigenvalue weighted by atomic mass is 9.99. The zero-order valence-corrected chi connectivity index (χ0v) is 5.39. The first-order valence-electron chi connectivity index (χ1n) is 3.32. The molecule has 1 aliphatic rings. The van der Waals surface area contributed by atoms with Crippen LogP contribution in [0.25, 0.3) is 0 Å². The van der Waals surface area contributed by atoms with Crippen molar-refractivity contribution in [1.29, 1.82) is 0 Å². The average molecular weight is 128 g/mol. The van der Waals surface area contributed by atoms with E-state index in [9.17, 15) is 4.79 Å². The van der Waals surface area contributed by atoms with Crippen LogP contribution in [0.5, 0.6) is 0 Å². The van der Waals surface area contributed by atoms with Crippen molar-refractivity contribution in [3.8, 4) is 0 Å². The van der Waals surface area contributed by atoms with Crippen molar-refractivity contribution in [2.75, 3.05) is 13.1 Å². The lowest BCUT2D eigenvalue weighted by molar-refractivity contribution is -0.126. The SMILES string of the molecule is NC[C@H]1CCCNC1=O. The highest BCUT2D eigenvalue weighted by atomic mass is 16.1. The van der Waals surface area contributed by atoms with Crippen LogP contribution in [0.1, 0.15) is 12.8 Å². The van der Waals surface area contributed by atoms with Crippen LogP contribution < -0.4 is 11.1 Å². The Labute approximate surface area is 54.6 Å². The Bertz CT molecular complexity index is 114. The van der Waals surface area contributed by atoms with Crippen LogP contribution >= 0.6 is 0 Å². The Morgan fingerprint density at radius 3 is 3.00 bits per heavy atom. The van der Waals surface area contributed by atoms with Gasteiger partial charge in [-0.25, -0.2) is 0 Å². The van der Waals surface area contributed by atoms with Gasteiger partial charge in [-0.15, -0.1) is 0 Å². The molecule has 3 nitrogen and oxygen atoms in total. The van der Waals surface area contributed by atoms with E-state index in [4.69, 9.17) is 5.73 Å². The third-order valence-corrected chi connectivity index (χ3v) is 1.68. The molecular weight excluding hydrogens is 116 g/mol. The van der Waals surface area contributed by atoms with Gasteiger partial charge in [0, 0.05) is 13.1 Å². The molecule has 1 atom stereocenters. The van der Waals surface area contributed by atoms with Gasteiger partial charge in [0.2, 0.25) is 5.91 Å². The van der Waals surface area contributed by atoms with E-state index in [2.05, 4.69) is 5.32 Å². The van der Waals surface area contributed by atoms with Crippen LogP contribution in [0.2, 0.25) is 0 Å². The van der Waals surface area contributed by atoms with Crippen molar-refractivity contribution < 1.29 is 4.79 Å². The molecule has 1 fully saturated rings. The molecule has 1 amide bonds. The molecule has 1 heterocycles. The first-order valence-corrected chi connectivity index (χ1v) is 3.32. The van der Waals surface area contributed by atoms with Crippen LogP contribution in [-0.2, 0) is 4.79 Å². The number of nitrogens with two attached hydrogens (primary N) is 1. The molecule has 0 spiro atoms. The number of hydrogen-bond acceptors (Lipinski definition) is 2. The van der Waals surface area contributed by atoms with Gasteiger partial charge in [-0.2, -0.15) is 0 Å². The number of carbonyl (C=O) groups is 1. The second-order valence-electron chi connectivity index (χ2n) is 2.37. The van der Waals surface area contributed by atoms with Crippen LogP contribution in [0, 0.1) is 5.92 Å². The molecular formula is C6H12N2O. The van der Waals surface area contributed by atoms with E-state index in [-0.39, 0.29) is 11.8 Å². The van der Waals surface area contributed by atoms with Gasteiger partial charge in [0.05, 0.1) is 5.92 Å². The van der Waals surface area contributed by atoms with Gasteiger partial charge in [0.15, 0.2) is 0 Å². The van der Waals surface area contributed by atoms with Gasteiger partial charge in [-0.3, -0.25) is 4.79 Å². The Kier molecular flexibility index (Phi) is 2.05. The molecule has 0 aromatic carbocycles. The van der Waals surface area contributed by atoms with Crippen LogP contribution in [0.4, 0.5) is 0 Å². The second kappa shape index (κ2) is 2.82. The summed E-state index contributed by atoms with van der Waals surface area (Å²) in [6.07, 6.45) is 2.04. The van der Waals surface area contributed by atoms with Crippen LogP contribution in [-0.4, -0.2) is 19.0 Å². The van der Waals surface area contributed by atoms with Gasteiger partial charge >= 0.3 is 0 Å². The minimum Gasteiger partial charge on any atom is -0.356 e. The number of hydrogen-bond donors (Lipinski definition) is 2. The summed E-state index contributed by atoms with van der Waals surface area (Å²) >= 11 is 0. The Morgan fingerprint density at radius 2 is 2.56 bits per heavy atom. The van der Waals surface area contributed by atoms with E-state index in [1.54, 1.807) is 0 Å². The predicted molar refractivity (Wildman–Crippen MR) is 34.8 cm³/mol. The number of rotatable bonds is 1. The second-order valence-corrected chi connectivity index (χ2v) is 2.37. The van der Waals surface area contributed by atoms with Gasteiger partial charge in [-0.1, -0.05) is 0 Å². The van der Waals surface area contributed by atoms with Crippen molar-refractivity contribution in [3.05, 3.63) is 0 Å². The summed E-state index contributed by atoms with van der Waals surface area (Å²) in [7, 11) is 0. The van der Waals surface area contributed by atoms with Crippen molar-refractivity contribution >= 4 is 5.91 Å². The predicted octanol–water partition coefficient (Wildman–Crippen LogP) is -0.529. The molecule has 1 saturated heterocycles. The smallest absolute Gasteiger partial charge is 0.224 e. The fourth-order valence-electron chi connectivity index (χ4n) is 1.06. The van der Waals surface area contributed by atoms with Gasteiger partial charge in [0.1, 0.15) is 0 Å². The quantitative estimate of drug-likeness (QED) is 0.499. The molecule has 1 aliphatic heterocycles. The van der Waals surface area contributed by atoms with Crippen molar-refractivity contribution in [2.24, 2.45) is 11.7 Å². The maximum Gasteiger partial charge on any atom is 0.224 e. The van der Waals surface area contributed by atoms with Crippen molar-refractivity contribution in [3.63, 3.8) is 0 Å². The minimum absolute atomic E-state index is 0.0822. The first-order chi connectivity index (χ1) is 4.34. The summed E-state index contributed by atoms with van der Waals surface area (Å²) in [4.78, 5) is 10.8. The molecule has 0 radical (unpaired) electrons. The Morgan fingerprint density at radius 1 is 1.78 bits per heavy atom. The molecule has 1 rings (SSSR count). The van der Waals surface area contributed by atoms with Gasteiger partial charge in [-0.05, 0) is 12.8 Å². The fraction of sp³-hybridized carbons (Fsp3) is 0.833. The summed E-state index contributed by atoms with van der Waals surface area (Å²) < 4.78 is 0. The summed E-state index contributed by atoms with van der Waals surface area (Å²) in [5, 5.41) is 2.76. The van der Waals surface area contributed by atoms with Gasteiger partial charge < -0.3 is 11.1 Å². The highest BCUT2D eigenvalue weighted by Crippen LogP contribution is 2.08. The van der Waals surface area contributed by atoms with Crippen LogP contribution in [0.3, 0.4) is 0 Å². The monoisotopic (exact) mass is 128 g/mol. The molecule has 3 heteroatoms.